The largest absolute Gasteiger partial charge is 0.385 e. The molecule has 0 aliphatic carbocycles. The first-order chi connectivity index (χ1) is 7.50. The highest BCUT2D eigenvalue weighted by atomic mass is 35.5. The van der Waals surface area contributed by atoms with E-state index in [0.29, 0.717) is 0 Å². The van der Waals surface area contributed by atoms with Gasteiger partial charge in [0.05, 0.1) is 12.4 Å². The minimum absolute atomic E-state index is 0.0158. The van der Waals surface area contributed by atoms with Crippen molar-refractivity contribution < 1.29 is 18.7 Å². The SMILES string of the molecule is O=C(NCC(O)C(F)F)c1cncc(Cl)n1. The van der Waals surface area contributed by atoms with Gasteiger partial charge in [-0.25, -0.2) is 13.8 Å². The first-order valence-electron chi connectivity index (χ1n) is 4.22. The third kappa shape index (κ3) is 3.67. The summed E-state index contributed by atoms with van der Waals surface area (Å²) in [6.45, 7) is -0.565. The van der Waals surface area contributed by atoms with E-state index in [9.17, 15) is 13.6 Å². The Kier molecular flexibility index (Phi) is 4.51. The van der Waals surface area contributed by atoms with E-state index in [0.717, 1.165) is 6.20 Å². The summed E-state index contributed by atoms with van der Waals surface area (Å²) in [4.78, 5) is 18.5. The Morgan fingerprint density at radius 2 is 2.25 bits per heavy atom. The van der Waals surface area contributed by atoms with E-state index in [1.165, 1.54) is 6.20 Å². The molecule has 1 heterocycles. The number of carbonyl (C=O) groups excluding carboxylic acids is 1. The summed E-state index contributed by atoms with van der Waals surface area (Å²) in [5.74, 6) is -0.727. The fourth-order valence-corrected chi connectivity index (χ4v) is 0.976. The summed E-state index contributed by atoms with van der Waals surface area (Å²) in [7, 11) is 0. The first-order valence-corrected chi connectivity index (χ1v) is 4.60. The van der Waals surface area contributed by atoms with Crippen LogP contribution in [0.1, 0.15) is 10.5 Å². The Labute approximate surface area is 94.5 Å². The van der Waals surface area contributed by atoms with Crippen LogP contribution in [0, 0.1) is 0 Å². The number of alkyl halides is 2. The van der Waals surface area contributed by atoms with Crippen LogP contribution in [0.5, 0.6) is 0 Å². The lowest BCUT2D eigenvalue weighted by Gasteiger charge is -2.09. The number of hydrogen-bond acceptors (Lipinski definition) is 4. The third-order valence-electron chi connectivity index (χ3n) is 1.60. The summed E-state index contributed by atoms with van der Waals surface area (Å²) < 4.78 is 23.8. The standard InChI is InChI=1S/C8H8ClF2N3O2/c9-6-3-12-1-4(14-6)8(16)13-2-5(15)7(10)11/h1,3,5,7,15H,2H2,(H,13,16). The minimum Gasteiger partial charge on any atom is -0.385 e. The molecule has 1 aromatic heterocycles. The predicted molar refractivity (Wildman–Crippen MR) is 51.4 cm³/mol. The Hall–Kier alpha value is -1.34. The smallest absolute Gasteiger partial charge is 0.271 e. The van der Waals surface area contributed by atoms with Gasteiger partial charge in [-0.2, -0.15) is 0 Å². The van der Waals surface area contributed by atoms with E-state index in [1.807, 2.05) is 0 Å². The van der Waals surface area contributed by atoms with E-state index in [4.69, 9.17) is 16.7 Å². The quantitative estimate of drug-likeness (QED) is 0.817. The maximum Gasteiger partial charge on any atom is 0.271 e. The summed E-state index contributed by atoms with van der Waals surface area (Å²) >= 11 is 5.48. The van der Waals surface area contributed by atoms with E-state index >= 15 is 0 Å². The lowest BCUT2D eigenvalue weighted by molar-refractivity contribution is -0.00273. The topological polar surface area (TPSA) is 75.1 Å². The molecule has 0 saturated carbocycles. The summed E-state index contributed by atoms with van der Waals surface area (Å²) in [6, 6.07) is 0. The Morgan fingerprint density at radius 3 is 2.81 bits per heavy atom. The highest BCUT2D eigenvalue weighted by molar-refractivity contribution is 6.29. The minimum atomic E-state index is -2.91. The van der Waals surface area contributed by atoms with Gasteiger partial charge < -0.3 is 10.4 Å². The molecule has 0 radical (unpaired) electrons. The number of nitrogens with zero attached hydrogens (tertiary/aromatic N) is 2. The van der Waals surface area contributed by atoms with Crippen LogP contribution in [-0.2, 0) is 0 Å². The summed E-state index contributed by atoms with van der Waals surface area (Å²) in [6.07, 6.45) is -2.45. The van der Waals surface area contributed by atoms with Crippen molar-refractivity contribution in [1.29, 1.82) is 0 Å². The first kappa shape index (κ1) is 12.7. The molecule has 0 aliphatic rings. The van der Waals surface area contributed by atoms with Crippen molar-refractivity contribution in [2.45, 2.75) is 12.5 Å². The second kappa shape index (κ2) is 5.66. The number of nitrogens with one attached hydrogen (secondary N) is 1. The maximum absolute atomic E-state index is 11.9. The van der Waals surface area contributed by atoms with E-state index in [2.05, 4.69) is 15.3 Å². The summed E-state index contributed by atoms with van der Waals surface area (Å²) in [5.41, 5.74) is -0.103. The van der Waals surface area contributed by atoms with Crippen molar-refractivity contribution in [2.24, 2.45) is 0 Å². The molecule has 1 rings (SSSR count). The molecule has 0 bridgehead atoms. The van der Waals surface area contributed by atoms with E-state index < -0.39 is 25.0 Å². The van der Waals surface area contributed by atoms with Crippen LogP contribution in [0.4, 0.5) is 8.78 Å². The Morgan fingerprint density at radius 1 is 1.56 bits per heavy atom. The van der Waals surface area contributed by atoms with E-state index in [1.54, 1.807) is 0 Å². The van der Waals surface area contributed by atoms with Crippen LogP contribution in [0.15, 0.2) is 12.4 Å². The highest BCUT2D eigenvalue weighted by Crippen LogP contribution is 2.03. The van der Waals surface area contributed by atoms with Gasteiger partial charge in [-0.1, -0.05) is 11.6 Å². The van der Waals surface area contributed by atoms with E-state index in [-0.39, 0.29) is 10.8 Å². The van der Waals surface area contributed by atoms with Gasteiger partial charge in [-0.3, -0.25) is 9.78 Å². The second-order valence-corrected chi connectivity index (χ2v) is 3.23. The van der Waals surface area contributed by atoms with Gasteiger partial charge in [0.15, 0.2) is 0 Å². The molecule has 2 N–H and O–H groups in total. The van der Waals surface area contributed by atoms with Crippen LogP contribution >= 0.6 is 11.6 Å². The third-order valence-corrected chi connectivity index (χ3v) is 1.78. The number of rotatable bonds is 4. The fraction of sp³-hybridized carbons (Fsp3) is 0.375. The van der Waals surface area contributed by atoms with Gasteiger partial charge >= 0.3 is 0 Å². The second-order valence-electron chi connectivity index (χ2n) is 2.84. The van der Waals surface area contributed by atoms with Crippen LogP contribution in [0.2, 0.25) is 5.15 Å². The molecule has 0 aliphatic heterocycles. The zero-order chi connectivity index (χ0) is 12.1. The molecule has 0 spiro atoms. The highest BCUT2D eigenvalue weighted by Gasteiger charge is 2.18. The number of hydrogen-bond donors (Lipinski definition) is 2. The van der Waals surface area contributed by atoms with Gasteiger partial charge in [0.1, 0.15) is 17.0 Å². The molecule has 8 heteroatoms. The molecular formula is C8H8ClF2N3O2. The molecule has 1 amide bonds. The average molecular weight is 252 g/mol. The van der Waals surface area contributed by atoms with Crippen molar-refractivity contribution in [3.05, 3.63) is 23.2 Å². The van der Waals surface area contributed by atoms with Crippen LogP contribution < -0.4 is 5.32 Å². The van der Waals surface area contributed by atoms with Crippen molar-refractivity contribution in [3.8, 4) is 0 Å². The van der Waals surface area contributed by atoms with Crippen molar-refractivity contribution in [1.82, 2.24) is 15.3 Å². The number of aliphatic hydroxyl groups excluding tert-OH is 1. The molecule has 0 saturated heterocycles. The number of halogens is 3. The molecule has 1 atom stereocenters. The Balaban J connectivity index is 2.53. The maximum atomic E-state index is 11.9. The van der Waals surface area contributed by atoms with Crippen LogP contribution in [0.25, 0.3) is 0 Å². The lowest BCUT2D eigenvalue weighted by atomic mass is 10.3. The molecule has 0 aromatic carbocycles. The molecular weight excluding hydrogens is 244 g/mol. The van der Waals surface area contributed by atoms with Crippen molar-refractivity contribution in [2.75, 3.05) is 6.54 Å². The Bertz CT molecular complexity index is 378. The van der Waals surface area contributed by atoms with Crippen molar-refractivity contribution in [3.63, 3.8) is 0 Å². The predicted octanol–water partition coefficient (Wildman–Crippen LogP) is 0.486. The number of aromatic nitrogens is 2. The monoisotopic (exact) mass is 251 g/mol. The lowest BCUT2D eigenvalue weighted by Crippen LogP contribution is -2.36. The fourth-order valence-electron chi connectivity index (χ4n) is 0.828. The van der Waals surface area contributed by atoms with Crippen LogP contribution in [-0.4, -0.2) is 40.1 Å². The molecule has 88 valence electrons. The van der Waals surface area contributed by atoms with Gasteiger partial charge in [-0.15, -0.1) is 0 Å². The average Bonchev–Trinajstić information content (AvgIpc) is 2.25. The number of aliphatic hydroxyl groups is 1. The van der Waals surface area contributed by atoms with Gasteiger partial charge in [0.25, 0.3) is 12.3 Å². The molecule has 16 heavy (non-hydrogen) atoms. The zero-order valence-electron chi connectivity index (χ0n) is 7.90. The molecule has 5 nitrogen and oxygen atoms in total. The molecule has 0 fully saturated rings. The normalized spacial score (nSPS) is 12.6. The zero-order valence-corrected chi connectivity index (χ0v) is 8.66. The number of amides is 1. The van der Waals surface area contributed by atoms with Gasteiger partial charge in [-0.05, 0) is 0 Å². The van der Waals surface area contributed by atoms with Gasteiger partial charge in [0.2, 0.25) is 0 Å². The number of carbonyl (C=O) groups is 1. The summed E-state index contributed by atoms with van der Waals surface area (Å²) in [5, 5.41) is 10.8. The van der Waals surface area contributed by atoms with Gasteiger partial charge in [0, 0.05) is 6.54 Å². The van der Waals surface area contributed by atoms with Crippen LogP contribution in [0.3, 0.4) is 0 Å². The molecule has 1 unspecified atom stereocenters. The molecule has 1 aromatic rings. The van der Waals surface area contributed by atoms with Crippen molar-refractivity contribution >= 4 is 17.5 Å².